The van der Waals surface area contributed by atoms with Gasteiger partial charge in [0.1, 0.15) is 5.00 Å². The zero-order valence-corrected chi connectivity index (χ0v) is 18.4. The molecule has 1 heterocycles. The van der Waals surface area contributed by atoms with Crippen molar-refractivity contribution in [3.63, 3.8) is 0 Å². The Kier molecular flexibility index (Phi) is 6.91. The van der Waals surface area contributed by atoms with Gasteiger partial charge in [0.15, 0.2) is 6.10 Å². The van der Waals surface area contributed by atoms with E-state index in [1.807, 2.05) is 0 Å². The van der Waals surface area contributed by atoms with Crippen LogP contribution in [0.5, 0.6) is 0 Å². The number of esters is 1. The Morgan fingerprint density at radius 1 is 1.23 bits per heavy atom. The molecule has 1 aromatic carbocycles. The zero-order valence-electron chi connectivity index (χ0n) is 16.8. The predicted octanol–water partition coefficient (Wildman–Crippen LogP) is 4.33. The van der Waals surface area contributed by atoms with Crippen LogP contribution in [0.1, 0.15) is 47.5 Å². The number of hydrogen-bond donors (Lipinski definition) is 2. The molecule has 1 atom stereocenters. The molecule has 2 aromatic rings. The van der Waals surface area contributed by atoms with E-state index in [4.69, 9.17) is 16.3 Å². The van der Waals surface area contributed by atoms with E-state index in [1.165, 1.54) is 37.3 Å². The van der Waals surface area contributed by atoms with Crippen LogP contribution in [-0.2, 0) is 27.2 Å². The van der Waals surface area contributed by atoms with Gasteiger partial charge < -0.3 is 15.4 Å². The number of ether oxygens (including phenoxy) is 1. The molecule has 0 radical (unpaired) electrons. The third-order valence-corrected chi connectivity index (χ3v) is 6.27. The molecule has 9 nitrogen and oxygen atoms in total. The van der Waals surface area contributed by atoms with Crippen molar-refractivity contribution in [2.24, 2.45) is 0 Å². The van der Waals surface area contributed by atoms with Crippen LogP contribution in [0, 0.1) is 10.1 Å². The average Bonchev–Trinajstić information content (AvgIpc) is 3.06. The normalized spacial score (nSPS) is 13.6. The number of rotatable bonds is 6. The molecule has 2 amide bonds. The number of nitrogens with one attached hydrogen (secondary N) is 2. The fourth-order valence-corrected chi connectivity index (χ4v) is 4.75. The Morgan fingerprint density at radius 3 is 2.61 bits per heavy atom. The van der Waals surface area contributed by atoms with Crippen molar-refractivity contribution in [2.45, 2.75) is 45.6 Å². The molecule has 0 bridgehead atoms. The Morgan fingerprint density at radius 2 is 1.94 bits per heavy atom. The molecular formula is C20H20ClN3O6S. The molecule has 0 spiro atoms. The van der Waals surface area contributed by atoms with Crippen LogP contribution < -0.4 is 10.6 Å². The van der Waals surface area contributed by atoms with Crippen LogP contribution in [0.4, 0.5) is 16.4 Å². The minimum Gasteiger partial charge on any atom is -0.449 e. The summed E-state index contributed by atoms with van der Waals surface area (Å²) < 4.78 is 5.36. The Hall–Kier alpha value is -2.98. The number of hydrogen-bond acceptors (Lipinski definition) is 7. The third-order valence-electron chi connectivity index (χ3n) is 4.74. The lowest BCUT2D eigenvalue weighted by molar-refractivity contribution is -0.384. The highest BCUT2D eigenvalue weighted by atomic mass is 35.5. The van der Waals surface area contributed by atoms with Crippen LogP contribution in [0.3, 0.4) is 0 Å². The molecule has 0 aliphatic heterocycles. The van der Waals surface area contributed by atoms with E-state index in [2.05, 4.69) is 10.6 Å². The third kappa shape index (κ3) is 5.20. The van der Waals surface area contributed by atoms with Gasteiger partial charge in [0, 0.05) is 23.9 Å². The van der Waals surface area contributed by atoms with Gasteiger partial charge in [-0.2, -0.15) is 0 Å². The Labute approximate surface area is 186 Å². The van der Waals surface area contributed by atoms with Crippen LogP contribution in [0.2, 0.25) is 5.02 Å². The summed E-state index contributed by atoms with van der Waals surface area (Å²) in [5.41, 5.74) is 0.923. The summed E-state index contributed by atoms with van der Waals surface area (Å²) >= 11 is 7.35. The Balaban J connectivity index is 1.77. The summed E-state index contributed by atoms with van der Waals surface area (Å²) in [6.07, 6.45) is 2.24. The quantitative estimate of drug-likeness (QED) is 0.371. The lowest BCUT2D eigenvalue weighted by Crippen LogP contribution is -2.30. The highest BCUT2D eigenvalue weighted by Gasteiger charge is 2.29. The van der Waals surface area contributed by atoms with Crippen LogP contribution in [-0.4, -0.2) is 28.8 Å². The number of benzene rings is 1. The second kappa shape index (κ2) is 9.44. The van der Waals surface area contributed by atoms with E-state index in [0.29, 0.717) is 11.4 Å². The standard InChI is InChI=1S/C20H20ClN3O6S/c1-10(18(26)23-15-9-12(24(28)29)7-8-14(15)21)30-20(27)17-13-5-3-4-6-16(13)31-19(17)22-11(2)25/h7-10H,3-6H2,1-2H3,(H,22,25)(H,23,26). The lowest BCUT2D eigenvalue weighted by Gasteiger charge is -2.16. The largest absolute Gasteiger partial charge is 0.449 e. The first-order valence-electron chi connectivity index (χ1n) is 9.55. The maximum Gasteiger partial charge on any atom is 0.342 e. The number of carbonyl (C=O) groups excluding carboxylic acids is 3. The van der Waals surface area contributed by atoms with Gasteiger partial charge in [-0.25, -0.2) is 4.79 Å². The van der Waals surface area contributed by atoms with Crippen LogP contribution in [0.15, 0.2) is 18.2 Å². The topological polar surface area (TPSA) is 128 Å². The van der Waals surface area contributed by atoms with Gasteiger partial charge in [0.05, 0.1) is 21.2 Å². The summed E-state index contributed by atoms with van der Waals surface area (Å²) in [7, 11) is 0. The minimum absolute atomic E-state index is 0.0376. The van der Waals surface area contributed by atoms with Gasteiger partial charge in [-0.05, 0) is 44.2 Å². The molecule has 0 saturated heterocycles. The highest BCUT2D eigenvalue weighted by Crippen LogP contribution is 2.38. The molecule has 0 saturated carbocycles. The molecule has 0 fully saturated rings. The first-order valence-corrected chi connectivity index (χ1v) is 10.7. The van der Waals surface area contributed by atoms with Crippen molar-refractivity contribution in [2.75, 3.05) is 10.6 Å². The maximum absolute atomic E-state index is 12.9. The van der Waals surface area contributed by atoms with Crippen molar-refractivity contribution < 1.29 is 24.0 Å². The highest BCUT2D eigenvalue weighted by molar-refractivity contribution is 7.17. The number of thiophene rings is 1. The number of non-ortho nitro benzene ring substituents is 1. The molecular weight excluding hydrogens is 446 g/mol. The van der Waals surface area contributed by atoms with E-state index in [0.717, 1.165) is 35.8 Å². The number of nitrogens with zero attached hydrogens (tertiary/aromatic N) is 1. The number of amides is 2. The fourth-order valence-electron chi connectivity index (χ4n) is 3.26. The number of halogens is 1. The zero-order chi connectivity index (χ0) is 22.7. The van der Waals surface area contributed by atoms with Crippen LogP contribution in [0.25, 0.3) is 0 Å². The minimum atomic E-state index is -1.20. The maximum atomic E-state index is 12.9. The van der Waals surface area contributed by atoms with Gasteiger partial charge in [-0.15, -0.1) is 11.3 Å². The van der Waals surface area contributed by atoms with Gasteiger partial charge in [0.25, 0.3) is 11.6 Å². The van der Waals surface area contributed by atoms with Gasteiger partial charge >= 0.3 is 5.97 Å². The number of aryl methyl sites for hydroxylation is 1. The molecule has 164 valence electrons. The van der Waals surface area contributed by atoms with Crippen molar-refractivity contribution in [1.82, 2.24) is 0 Å². The second-order valence-electron chi connectivity index (χ2n) is 7.05. The van der Waals surface area contributed by atoms with Gasteiger partial charge in [0.2, 0.25) is 5.91 Å². The molecule has 11 heteroatoms. The monoisotopic (exact) mass is 465 g/mol. The van der Waals surface area contributed by atoms with Crippen molar-refractivity contribution in [3.8, 4) is 0 Å². The van der Waals surface area contributed by atoms with Crippen LogP contribution >= 0.6 is 22.9 Å². The fraction of sp³-hybridized carbons (Fsp3) is 0.350. The summed E-state index contributed by atoms with van der Waals surface area (Å²) in [6, 6.07) is 3.63. The molecule has 3 rings (SSSR count). The van der Waals surface area contributed by atoms with E-state index in [1.54, 1.807) is 0 Å². The van der Waals surface area contributed by atoms with E-state index >= 15 is 0 Å². The van der Waals surface area contributed by atoms with Gasteiger partial charge in [-0.3, -0.25) is 19.7 Å². The second-order valence-corrected chi connectivity index (χ2v) is 8.57. The lowest BCUT2D eigenvalue weighted by atomic mass is 9.95. The molecule has 1 aliphatic rings. The summed E-state index contributed by atoms with van der Waals surface area (Å²) in [6.45, 7) is 2.74. The smallest absolute Gasteiger partial charge is 0.342 e. The summed E-state index contributed by atoms with van der Waals surface area (Å²) in [4.78, 5) is 48.3. The Bertz CT molecular complexity index is 1070. The van der Waals surface area contributed by atoms with Gasteiger partial charge in [-0.1, -0.05) is 11.6 Å². The predicted molar refractivity (Wildman–Crippen MR) is 117 cm³/mol. The molecule has 1 aliphatic carbocycles. The number of anilines is 2. The molecule has 2 N–H and O–H groups in total. The molecule has 31 heavy (non-hydrogen) atoms. The first-order chi connectivity index (χ1) is 14.7. The summed E-state index contributed by atoms with van der Waals surface area (Å²) in [5.74, 6) is -1.71. The summed E-state index contributed by atoms with van der Waals surface area (Å²) in [5, 5.41) is 16.6. The van der Waals surface area contributed by atoms with E-state index in [9.17, 15) is 24.5 Å². The van der Waals surface area contributed by atoms with Crippen molar-refractivity contribution in [1.29, 1.82) is 0 Å². The number of nitro groups is 1. The molecule has 1 aromatic heterocycles. The number of carbonyl (C=O) groups is 3. The average molecular weight is 466 g/mol. The van der Waals surface area contributed by atoms with E-state index in [-0.39, 0.29) is 27.9 Å². The molecule has 1 unspecified atom stereocenters. The van der Waals surface area contributed by atoms with E-state index < -0.39 is 22.9 Å². The number of fused-ring (bicyclic) bond motifs is 1. The van der Waals surface area contributed by atoms with Crippen molar-refractivity contribution >= 4 is 57.1 Å². The number of nitro benzene ring substituents is 1. The SMILES string of the molecule is CC(=O)Nc1sc2c(c1C(=O)OC(C)C(=O)Nc1cc([N+](=O)[O-])ccc1Cl)CCCC2. The first kappa shape index (κ1) is 22.7. The van der Waals surface area contributed by atoms with Crippen molar-refractivity contribution in [3.05, 3.63) is 49.3 Å².